The minimum absolute atomic E-state index is 0.0564. The lowest BCUT2D eigenvalue weighted by atomic mass is 10.3. The number of carbonyl (C=O) groups excluding carboxylic acids is 1. The van der Waals surface area contributed by atoms with Gasteiger partial charge in [0.1, 0.15) is 11.9 Å². The van der Waals surface area contributed by atoms with Crippen LogP contribution in [0.1, 0.15) is 31.0 Å². The fourth-order valence-electron chi connectivity index (χ4n) is 2.35. The van der Waals surface area contributed by atoms with Gasteiger partial charge in [-0.1, -0.05) is 11.8 Å². The van der Waals surface area contributed by atoms with Crippen molar-refractivity contribution >= 4 is 27.6 Å². The van der Waals surface area contributed by atoms with Gasteiger partial charge in [0, 0.05) is 13.0 Å². The van der Waals surface area contributed by atoms with Crippen LogP contribution in [0.3, 0.4) is 0 Å². The van der Waals surface area contributed by atoms with Gasteiger partial charge in [0.15, 0.2) is 15.0 Å². The molecular weight excluding hydrogens is 314 g/mol. The molecule has 0 amide bonds. The van der Waals surface area contributed by atoms with Gasteiger partial charge in [-0.05, 0) is 19.3 Å². The molecule has 0 unspecified atom stereocenters. The molecule has 2 heterocycles. The van der Waals surface area contributed by atoms with E-state index in [4.69, 9.17) is 4.74 Å². The lowest BCUT2D eigenvalue weighted by Gasteiger charge is -2.09. The molecular formula is C12H17N3O4S2. The summed E-state index contributed by atoms with van der Waals surface area (Å²) in [4.78, 5) is 11.8. The maximum Gasteiger partial charge on any atom is 0.316 e. The van der Waals surface area contributed by atoms with Crippen LogP contribution in [0.15, 0.2) is 5.16 Å². The summed E-state index contributed by atoms with van der Waals surface area (Å²) in [5.74, 6) is 1.23. The van der Waals surface area contributed by atoms with Gasteiger partial charge in [-0.3, -0.25) is 4.79 Å². The van der Waals surface area contributed by atoms with Gasteiger partial charge in [-0.2, -0.15) is 0 Å². The Hall–Kier alpha value is -1.09. The summed E-state index contributed by atoms with van der Waals surface area (Å²) < 4.78 is 29.7. The van der Waals surface area contributed by atoms with Crippen LogP contribution >= 0.6 is 11.8 Å². The van der Waals surface area contributed by atoms with Crippen molar-refractivity contribution in [3.63, 3.8) is 0 Å². The highest BCUT2D eigenvalue weighted by molar-refractivity contribution is 7.99. The molecule has 2 fully saturated rings. The van der Waals surface area contributed by atoms with E-state index in [2.05, 4.69) is 10.2 Å². The van der Waals surface area contributed by atoms with Crippen molar-refractivity contribution < 1.29 is 17.9 Å². The van der Waals surface area contributed by atoms with E-state index in [1.54, 1.807) is 0 Å². The van der Waals surface area contributed by atoms with E-state index in [0.29, 0.717) is 17.5 Å². The molecule has 1 aliphatic carbocycles. The average molecular weight is 331 g/mol. The molecule has 1 atom stereocenters. The Morgan fingerprint density at radius 3 is 2.76 bits per heavy atom. The van der Waals surface area contributed by atoms with E-state index >= 15 is 0 Å². The minimum atomic E-state index is -3.02. The van der Waals surface area contributed by atoms with Gasteiger partial charge in [0.05, 0.1) is 17.3 Å². The molecule has 1 aliphatic heterocycles. The normalized spacial score (nSPS) is 24.1. The molecule has 0 aromatic carbocycles. The quantitative estimate of drug-likeness (QED) is 0.573. The Bertz CT molecular complexity index is 651. The van der Waals surface area contributed by atoms with Crippen molar-refractivity contribution in [2.75, 3.05) is 17.3 Å². The molecule has 0 N–H and O–H groups in total. The predicted molar refractivity (Wildman–Crippen MR) is 76.9 cm³/mol. The molecule has 0 bridgehead atoms. The number of thioether (sulfide) groups is 1. The largest absolute Gasteiger partial charge is 0.461 e. The van der Waals surface area contributed by atoms with Gasteiger partial charge in [-0.25, -0.2) is 8.42 Å². The first-order valence-electron chi connectivity index (χ1n) is 6.86. The second-order valence-corrected chi connectivity index (χ2v) is 8.65. The number of nitrogens with zero attached hydrogens (tertiary/aromatic N) is 3. The van der Waals surface area contributed by atoms with Gasteiger partial charge in [0.25, 0.3) is 0 Å². The predicted octanol–water partition coefficient (Wildman–Crippen LogP) is 0.515. The fraction of sp³-hybridized carbons (Fsp3) is 0.750. The smallest absolute Gasteiger partial charge is 0.316 e. The molecule has 1 aromatic rings. The molecule has 1 saturated carbocycles. The molecule has 7 nitrogen and oxygen atoms in total. The molecule has 9 heteroatoms. The first-order chi connectivity index (χ1) is 9.94. The first-order valence-corrected chi connectivity index (χ1v) is 9.67. The van der Waals surface area contributed by atoms with E-state index in [0.717, 1.165) is 18.7 Å². The van der Waals surface area contributed by atoms with Crippen LogP contribution in [-0.4, -0.2) is 52.5 Å². The number of carbonyl (C=O) groups is 1. The third-order valence-corrected chi connectivity index (χ3v) is 6.35. The lowest BCUT2D eigenvalue weighted by molar-refractivity contribution is -0.144. The number of sulfone groups is 1. The number of hydrogen-bond donors (Lipinski definition) is 0. The maximum absolute atomic E-state index is 11.8. The van der Waals surface area contributed by atoms with E-state index in [-0.39, 0.29) is 17.3 Å². The Labute approximate surface area is 127 Å². The summed E-state index contributed by atoms with van der Waals surface area (Å²) in [6, 6.07) is 0. The topological polar surface area (TPSA) is 91.2 Å². The van der Waals surface area contributed by atoms with E-state index in [1.807, 2.05) is 11.6 Å². The summed E-state index contributed by atoms with van der Waals surface area (Å²) in [5.41, 5.74) is 0. The third kappa shape index (κ3) is 3.57. The zero-order valence-corrected chi connectivity index (χ0v) is 13.3. The van der Waals surface area contributed by atoms with Gasteiger partial charge >= 0.3 is 5.97 Å². The van der Waals surface area contributed by atoms with Crippen molar-refractivity contribution in [2.45, 2.75) is 36.4 Å². The number of ether oxygens (including phenoxy) is 1. The Morgan fingerprint density at radius 1 is 1.38 bits per heavy atom. The van der Waals surface area contributed by atoms with Crippen LogP contribution in [0.2, 0.25) is 0 Å². The van der Waals surface area contributed by atoms with Crippen molar-refractivity contribution in [1.29, 1.82) is 0 Å². The Morgan fingerprint density at radius 2 is 2.14 bits per heavy atom. The number of esters is 1. The summed E-state index contributed by atoms with van der Waals surface area (Å²) in [5, 5.41) is 8.90. The lowest BCUT2D eigenvalue weighted by Crippen LogP contribution is -2.20. The van der Waals surface area contributed by atoms with Crippen LogP contribution in [0.25, 0.3) is 0 Å². The van der Waals surface area contributed by atoms with Crippen molar-refractivity contribution in [2.24, 2.45) is 7.05 Å². The third-order valence-electron chi connectivity index (χ3n) is 3.62. The molecule has 116 valence electrons. The second kappa shape index (κ2) is 5.60. The number of rotatable bonds is 5. The van der Waals surface area contributed by atoms with Crippen molar-refractivity contribution in [1.82, 2.24) is 14.8 Å². The van der Waals surface area contributed by atoms with Crippen molar-refractivity contribution in [3.8, 4) is 0 Å². The number of hydrogen-bond acceptors (Lipinski definition) is 7. The van der Waals surface area contributed by atoms with Crippen LogP contribution in [0.5, 0.6) is 0 Å². The molecule has 3 rings (SSSR count). The van der Waals surface area contributed by atoms with E-state index in [9.17, 15) is 13.2 Å². The van der Waals surface area contributed by atoms with Gasteiger partial charge in [-0.15, -0.1) is 10.2 Å². The van der Waals surface area contributed by atoms with Crippen LogP contribution in [0, 0.1) is 0 Å². The highest BCUT2D eigenvalue weighted by Gasteiger charge is 2.31. The van der Waals surface area contributed by atoms with Crippen LogP contribution in [0.4, 0.5) is 0 Å². The van der Waals surface area contributed by atoms with Gasteiger partial charge < -0.3 is 9.30 Å². The van der Waals surface area contributed by atoms with Crippen LogP contribution in [-0.2, 0) is 26.4 Å². The Balaban J connectivity index is 1.50. The zero-order valence-electron chi connectivity index (χ0n) is 11.7. The van der Waals surface area contributed by atoms with Crippen LogP contribution < -0.4 is 0 Å². The SMILES string of the molecule is Cn1c(SCC(=O)O[C@H]2CCS(=O)(=O)C2)nnc1C1CC1. The molecule has 2 aliphatic rings. The Kier molecular flexibility index (Phi) is 3.96. The first kappa shape index (κ1) is 14.8. The monoisotopic (exact) mass is 331 g/mol. The average Bonchev–Trinajstić information content (AvgIpc) is 3.10. The summed E-state index contributed by atoms with van der Waals surface area (Å²) >= 11 is 1.27. The fourth-order valence-corrected chi connectivity index (χ4v) is 4.64. The van der Waals surface area contributed by atoms with Crippen molar-refractivity contribution in [3.05, 3.63) is 5.82 Å². The molecule has 1 saturated heterocycles. The van der Waals surface area contributed by atoms with E-state index in [1.165, 1.54) is 11.8 Å². The summed E-state index contributed by atoms with van der Waals surface area (Å²) in [6.45, 7) is 0. The highest BCUT2D eigenvalue weighted by Crippen LogP contribution is 2.39. The summed E-state index contributed by atoms with van der Waals surface area (Å²) in [7, 11) is -1.13. The molecule has 0 radical (unpaired) electrons. The standard InChI is InChI=1S/C12H17N3O4S2/c1-15-11(8-2-3-8)13-14-12(15)20-6-10(16)19-9-4-5-21(17,18)7-9/h8-9H,2-7H2,1H3/t9-/m0/s1. The zero-order chi connectivity index (χ0) is 15.0. The van der Waals surface area contributed by atoms with Gasteiger partial charge in [0.2, 0.25) is 0 Å². The molecule has 1 aromatic heterocycles. The second-order valence-electron chi connectivity index (χ2n) is 5.48. The minimum Gasteiger partial charge on any atom is -0.461 e. The molecule has 0 spiro atoms. The number of aromatic nitrogens is 3. The molecule has 21 heavy (non-hydrogen) atoms. The highest BCUT2D eigenvalue weighted by atomic mass is 32.2. The maximum atomic E-state index is 11.8. The van der Waals surface area contributed by atoms with E-state index < -0.39 is 21.9 Å². The summed E-state index contributed by atoms with van der Waals surface area (Å²) in [6.07, 6.45) is 2.20.